The van der Waals surface area contributed by atoms with E-state index in [1.54, 1.807) is 4.57 Å². The lowest BCUT2D eigenvalue weighted by atomic mass is 9.99. The van der Waals surface area contributed by atoms with Crippen LogP contribution in [0.5, 0.6) is 0 Å². The van der Waals surface area contributed by atoms with Crippen molar-refractivity contribution in [1.29, 1.82) is 0 Å². The molecule has 1 aliphatic carbocycles. The average Bonchev–Trinajstić information content (AvgIpc) is 3.53. The van der Waals surface area contributed by atoms with Crippen molar-refractivity contribution < 1.29 is 4.79 Å². The Hall–Kier alpha value is -5.11. The number of carbonyl (C=O) groups is 1. The van der Waals surface area contributed by atoms with Crippen LogP contribution in [0.1, 0.15) is 37.7 Å². The lowest BCUT2D eigenvalue weighted by molar-refractivity contribution is 0.253. The molecule has 2 atom stereocenters. The first-order valence-corrected chi connectivity index (χ1v) is 16.0. The zero-order chi connectivity index (χ0) is 30.5. The van der Waals surface area contributed by atoms with Gasteiger partial charge in [-0.1, -0.05) is 55.0 Å². The highest BCUT2D eigenvalue weighted by atomic mass is 16.2. The minimum Gasteiger partial charge on any atom is -0.371 e. The summed E-state index contributed by atoms with van der Waals surface area (Å²) in [6, 6.07) is 24.6. The fourth-order valence-corrected chi connectivity index (χ4v) is 7.38. The van der Waals surface area contributed by atoms with Crippen LogP contribution in [0, 0.1) is 18.8 Å². The van der Waals surface area contributed by atoms with E-state index in [9.17, 15) is 4.79 Å². The van der Waals surface area contributed by atoms with Crippen molar-refractivity contribution in [3.63, 3.8) is 0 Å². The summed E-state index contributed by atoms with van der Waals surface area (Å²) in [5.41, 5.74) is 13.5. The molecule has 4 N–H and O–H groups in total. The highest BCUT2D eigenvalue weighted by Gasteiger charge is 2.27. The molecular weight excluding hydrogens is 558 g/mol. The van der Waals surface area contributed by atoms with E-state index in [2.05, 4.69) is 55.5 Å². The van der Waals surface area contributed by atoms with Gasteiger partial charge in [-0.15, -0.1) is 0 Å². The van der Waals surface area contributed by atoms with Crippen molar-refractivity contribution in [2.45, 2.75) is 39.0 Å². The summed E-state index contributed by atoms with van der Waals surface area (Å²) in [7, 11) is 0. The van der Waals surface area contributed by atoms with Gasteiger partial charge in [0.2, 0.25) is 5.95 Å². The van der Waals surface area contributed by atoms with Crippen LogP contribution in [0.2, 0.25) is 0 Å². The lowest BCUT2D eigenvalue weighted by Gasteiger charge is -2.30. The van der Waals surface area contributed by atoms with Gasteiger partial charge in [0.15, 0.2) is 0 Å². The van der Waals surface area contributed by atoms with Gasteiger partial charge in [0.1, 0.15) is 5.65 Å². The molecule has 2 aliphatic rings. The minimum absolute atomic E-state index is 0.195. The van der Waals surface area contributed by atoms with Crippen molar-refractivity contribution in [1.82, 2.24) is 19.5 Å². The van der Waals surface area contributed by atoms with Gasteiger partial charge in [0.05, 0.1) is 5.69 Å². The fourth-order valence-electron chi connectivity index (χ4n) is 7.38. The van der Waals surface area contributed by atoms with Crippen molar-refractivity contribution in [3.8, 4) is 22.5 Å². The molecular formula is C37H37N7O. The highest BCUT2D eigenvalue weighted by molar-refractivity contribution is 5.99. The van der Waals surface area contributed by atoms with E-state index < -0.39 is 0 Å². The van der Waals surface area contributed by atoms with Crippen molar-refractivity contribution in [3.05, 3.63) is 90.8 Å². The molecule has 226 valence electrons. The number of aromatic amines is 1. The average molecular weight is 596 g/mol. The standard InChI is InChI=1S/C37H37N7O/c1-23-30(10-5-11-32(23)40-37(45)44-21-27-8-2-3-9-28(27)22-44)34-31-18-33(39-35(31)42-36(38)41-34)26-14-16-29(17-15-26)43-19-24-6-4-7-25(20-43)13-12-24/h2-3,5,8-11,14-18,21-22,24-25H,4,6-7,12-13,19-20H2,1H3,(H,40,45)(H3,38,39,41,42). The number of aromatic nitrogens is 4. The van der Waals surface area contributed by atoms with Crippen LogP contribution < -0.4 is 16.0 Å². The zero-order valence-electron chi connectivity index (χ0n) is 25.5. The first kappa shape index (κ1) is 27.4. The second kappa shape index (κ2) is 11.1. The monoisotopic (exact) mass is 595 g/mol. The summed E-state index contributed by atoms with van der Waals surface area (Å²) in [6.07, 6.45) is 10.6. The van der Waals surface area contributed by atoms with Gasteiger partial charge in [0.25, 0.3) is 0 Å². The molecule has 1 aliphatic heterocycles. The molecule has 3 aromatic carbocycles. The minimum atomic E-state index is -0.227. The second-order valence-electron chi connectivity index (χ2n) is 12.8. The maximum Gasteiger partial charge on any atom is 0.330 e. The normalized spacial score (nSPS) is 18.3. The number of rotatable bonds is 4. The van der Waals surface area contributed by atoms with E-state index in [1.807, 2.05) is 61.8 Å². The third-order valence-corrected chi connectivity index (χ3v) is 9.83. The number of H-pyrrole nitrogens is 1. The molecule has 1 saturated heterocycles. The largest absolute Gasteiger partial charge is 0.371 e. The molecule has 3 aromatic heterocycles. The van der Waals surface area contributed by atoms with Crippen LogP contribution >= 0.6 is 0 Å². The molecule has 0 radical (unpaired) electrons. The van der Waals surface area contributed by atoms with Gasteiger partial charge in [-0.05, 0) is 90.6 Å². The number of nitrogens with two attached hydrogens (primary N) is 1. The molecule has 1 amide bonds. The van der Waals surface area contributed by atoms with E-state index in [0.29, 0.717) is 11.3 Å². The SMILES string of the molecule is Cc1c(NC(=O)n2cc3ccccc3c2)cccc1-c1nc(N)nc2[nH]c(-c3ccc(N4CC5CCCC(CC5)C4)cc3)cc12. The molecule has 45 heavy (non-hydrogen) atoms. The molecule has 2 bridgehead atoms. The molecule has 6 aromatic rings. The first-order valence-electron chi connectivity index (χ1n) is 16.0. The van der Waals surface area contributed by atoms with E-state index in [4.69, 9.17) is 5.73 Å². The van der Waals surface area contributed by atoms with Gasteiger partial charge < -0.3 is 20.9 Å². The van der Waals surface area contributed by atoms with Gasteiger partial charge in [-0.25, -0.2) is 9.78 Å². The van der Waals surface area contributed by atoms with Gasteiger partial charge in [-0.2, -0.15) is 4.98 Å². The number of carbonyl (C=O) groups excluding carboxylic acids is 1. The van der Waals surface area contributed by atoms with Crippen LogP contribution in [0.15, 0.2) is 85.2 Å². The Bertz CT molecular complexity index is 1990. The van der Waals surface area contributed by atoms with Crippen molar-refractivity contribution in [2.75, 3.05) is 29.0 Å². The summed E-state index contributed by atoms with van der Waals surface area (Å²) < 4.78 is 1.58. The Morgan fingerprint density at radius 3 is 2.31 bits per heavy atom. The number of hydrogen-bond donors (Lipinski definition) is 3. The van der Waals surface area contributed by atoms with Crippen LogP contribution in [-0.2, 0) is 0 Å². The summed E-state index contributed by atoms with van der Waals surface area (Å²) >= 11 is 0. The quantitative estimate of drug-likeness (QED) is 0.190. The Morgan fingerprint density at radius 2 is 1.60 bits per heavy atom. The topological polar surface area (TPSA) is 105 Å². The summed E-state index contributed by atoms with van der Waals surface area (Å²) in [5.74, 6) is 1.83. The van der Waals surface area contributed by atoms with E-state index in [-0.39, 0.29) is 12.0 Å². The maximum absolute atomic E-state index is 13.2. The van der Waals surface area contributed by atoms with E-state index >= 15 is 0 Å². The molecule has 8 heteroatoms. The highest BCUT2D eigenvalue weighted by Crippen LogP contribution is 2.37. The third kappa shape index (κ3) is 5.20. The Labute approximate surface area is 262 Å². The first-order chi connectivity index (χ1) is 22.0. The van der Waals surface area contributed by atoms with Crippen molar-refractivity contribution >= 4 is 45.2 Å². The third-order valence-electron chi connectivity index (χ3n) is 9.83. The molecule has 8 rings (SSSR count). The van der Waals surface area contributed by atoms with E-state index in [0.717, 1.165) is 56.1 Å². The smallest absolute Gasteiger partial charge is 0.330 e. The fraction of sp³-hybridized carbons (Fsp3) is 0.270. The van der Waals surface area contributed by atoms with Gasteiger partial charge >= 0.3 is 6.03 Å². The summed E-state index contributed by atoms with van der Waals surface area (Å²) in [4.78, 5) is 28.5. The second-order valence-corrected chi connectivity index (χ2v) is 12.8. The van der Waals surface area contributed by atoms with Crippen LogP contribution in [0.4, 0.5) is 22.1 Å². The Kier molecular flexibility index (Phi) is 6.77. The van der Waals surface area contributed by atoms with Crippen LogP contribution in [0.3, 0.4) is 0 Å². The summed E-state index contributed by atoms with van der Waals surface area (Å²) in [5, 5.41) is 5.99. The Morgan fingerprint density at radius 1 is 0.889 bits per heavy atom. The summed E-state index contributed by atoms with van der Waals surface area (Å²) in [6.45, 7) is 4.33. The molecule has 8 nitrogen and oxygen atoms in total. The molecule has 2 fully saturated rings. The predicted octanol–water partition coefficient (Wildman–Crippen LogP) is 8.23. The van der Waals surface area contributed by atoms with Gasteiger partial charge in [-0.3, -0.25) is 4.57 Å². The number of nitrogens with one attached hydrogen (secondary N) is 2. The number of anilines is 3. The number of benzene rings is 3. The molecule has 0 spiro atoms. The van der Waals surface area contributed by atoms with Crippen molar-refractivity contribution in [2.24, 2.45) is 11.8 Å². The maximum atomic E-state index is 13.2. The zero-order valence-corrected chi connectivity index (χ0v) is 25.5. The number of amides is 1. The van der Waals surface area contributed by atoms with E-state index in [1.165, 1.54) is 50.9 Å². The molecule has 4 heterocycles. The number of hydrogen-bond acceptors (Lipinski definition) is 5. The number of fused-ring (bicyclic) bond motifs is 5. The van der Waals surface area contributed by atoms with Gasteiger partial charge in [0, 0.05) is 53.5 Å². The Balaban J connectivity index is 1.09. The number of nitrogen functional groups attached to an aromatic ring is 1. The molecule has 1 saturated carbocycles. The predicted molar refractivity (Wildman–Crippen MR) is 183 cm³/mol. The van der Waals surface area contributed by atoms with Crippen LogP contribution in [0.25, 0.3) is 44.3 Å². The number of nitrogens with zero attached hydrogens (tertiary/aromatic N) is 4. The lowest BCUT2D eigenvalue weighted by Crippen LogP contribution is -2.32. The molecule has 2 unspecified atom stereocenters. The van der Waals surface area contributed by atoms with Crippen LogP contribution in [-0.4, -0.2) is 38.6 Å².